The van der Waals surface area contributed by atoms with Gasteiger partial charge in [0.15, 0.2) is 5.65 Å². The van der Waals surface area contributed by atoms with Crippen molar-refractivity contribution in [3.05, 3.63) is 67.0 Å². The van der Waals surface area contributed by atoms with Gasteiger partial charge in [0, 0.05) is 49.5 Å². The number of piperazine rings is 1. The molecular formula is C24H23N9O. The molecule has 5 aromatic rings. The van der Waals surface area contributed by atoms with Crippen molar-refractivity contribution in [3.63, 3.8) is 0 Å². The highest BCUT2D eigenvalue weighted by Crippen LogP contribution is 2.30. The van der Waals surface area contributed by atoms with E-state index in [1.54, 1.807) is 10.8 Å². The van der Waals surface area contributed by atoms with Crippen molar-refractivity contribution >= 4 is 33.9 Å². The number of pyridine rings is 2. The highest BCUT2D eigenvalue weighted by atomic mass is 16.5. The van der Waals surface area contributed by atoms with E-state index in [4.69, 9.17) is 4.74 Å². The minimum atomic E-state index is 0.707. The molecule has 1 saturated heterocycles. The number of rotatable bonds is 5. The van der Waals surface area contributed by atoms with Crippen LogP contribution in [0.5, 0.6) is 11.5 Å². The van der Waals surface area contributed by atoms with Gasteiger partial charge in [0.2, 0.25) is 0 Å². The third kappa shape index (κ3) is 3.95. The second-order valence-corrected chi connectivity index (χ2v) is 8.15. The molecule has 10 heteroatoms. The summed E-state index contributed by atoms with van der Waals surface area (Å²) in [7, 11) is 0. The van der Waals surface area contributed by atoms with E-state index in [0.717, 1.165) is 71.4 Å². The number of anilines is 3. The van der Waals surface area contributed by atoms with Gasteiger partial charge in [0.1, 0.15) is 35.8 Å². The molecule has 1 aromatic carbocycles. The van der Waals surface area contributed by atoms with Crippen molar-refractivity contribution in [1.29, 1.82) is 0 Å². The fourth-order valence-electron chi connectivity index (χ4n) is 4.08. The minimum Gasteiger partial charge on any atom is -0.457 e. The molecule has 0 radical (unpaired) electrons. The number of nitrogens with zero attached hydrogens (tertiary/aromatic N) is 7. The lowest BCUT2D eigenvalue weighted by Crippen LogP contribution is -2.43. The maximum atomic E-state index is 6.09. The number of hydrogen-bond donors (Lipinski definition) is 2. The Morgan fingerprint density at radius 1 is 0.971 bits per heavy atom. The first-order valence-electron chi connectivity index (χ1n) is 11.1. The molecule has 0 atom stereocenters. The van der Waals surface area contributed by atoms with E-state index in [1.165, 1.54) is 6.33 Å². The zero-order chi connectivity index (χ0) is 22.9. The van der Waals surface area contributed by atoms with Crippen molar-refractivity contribution in [2.45, 2.75) is 6.92 Å². The van der Waals surface area contributed by atoms with Crippen LogP contribution in [0.1, 0.15) is 5.56 Å². The van der Waals surface area contributed by atoms with Crippen LogP contribution in [0, 0.1) is 6.92 Å². The second kappa shape index (κ2) is 8.56. The summed E-state index contributed by atoms with van der Waals surface area (Å²) in [6, 6.07) is 11.7. The van der Waals surface area contributed by atoms with Gasteiger partial charge in [-0.05, 0) is 42.8 Å². The van der Waals surface area contributed by atoms with Gasteiger partial charge < -0.3 is 20.3 Å². The molecule has 10 nitrogen and oxygen atoms in total. The molecule has 5 heterocycles. The maximum Gasteiger partial charge on any atom is 0.158 e. The largest absolute Gasteiger partial charge is 0.457 e. The maximum absolute atomic E-state index is 6.09. The van der Waals surface area contributed by atoms with E-state index < -0.39 is 0 Å². The molecular weight excluding hydrogens is 430 g/mol. The quantitative estimate of drug-likeness (QED) is 0.414. The Bertz CT molecular complexity index is 1480. The van der Waals surface area contributed by atoms with Crippen molar-refractivity contribution in [2.75, 3.05) is 36.4 Å². The first-order valence-corrected chi connectivity index (χ1v) is 11.1. The van der Waals surface area contributed by atoms with Gasteiger partial charge in [-0.3, -0.25) is 0 Å². The number of hydrogen-bond acceptors (Lipinski definition) is 9. The van der Waals surface area contributed by atoms with Gasteiger partial charge in [-0.25, -0.2) is 24.5 Å². The van der Waals surface area contributed by atoms with Crippen LogP contribution >= 0.6 is 0 Å². The zero-order valence-corrected chi connectivity index (χ0v) is 18.6. The molecule has 0 aliphatic carbocycles. The number of nitrogens with one attached hydrogen (secondary N) is 2. The van der Waals surface area contributed by atoms with Crippen LogP contribution in [0.2, 0.25) is 0 Å². The minimum absolute atomic E-state index is 0.707. The number of aromatic nitrogens is 6. The van der Waals surface area contributed by atoms with Crippen LogP contribution in [-0.4, -0.2) is 55.7 Å². The van der Waals surface area contributed by atoms with Gasteiger partial charge in [0.05, 0.1) is 11.7 Å². The predicted octanol–water partition coefficient (Wildman–Crippen LogP) is 3.32. The Morgan fingerprint density at radius 3 is 2.76 bits per heavy atom. The van der Waals surface area contributed by atoms with Crippen molar-refractivity contribution < 1.29 is 4.74 Å². The average molecular weight is 454 g/mol. The molecule has 1 aliphatic heterocycles. The van der Waals surface area contributed by atoms with Gasteiger partial charge >= 0.3 is 0 Å². The standard InChI is InChI=1S/C24H23N9O/c1-16-10-17(2-3-21(16)34-18-4-7-33-23(11-18)28-15-30-33)31-24-19-12-22(32-8-5-25-6-9-32)26-13-20(19)27-14-29-24/h2-4,7,10-15,25H,5-6,8-9H2,1H3,(H,27,29,31). The third-order valence-electron chi connectivity index (χ3n) is 5.87. The van der Waals surface area contributed by atoms with E-state index in [9.17, 15) is 0 Å². The molecule has 34 heavy (non-hydrogen) atoms. The molecule has 2 N–H and O–H groups in total. The van der Waals surface area contributed by atoms with E-state index in [-0.39, 0.29) is 0 Å². The summed E-state index contributed by atoms with van der Waals surface area (Å²) >= 11 is 0. The smallest absolute Gasteiger partial charge is 0.158 e. The SMILES string of the molecule is Cc1cc(Nc2ncnc3cnc(N4CCNCC4)cc23)ccc1Oc1ccn2ncnc2c1. The van der Waals surface area contributed by atoms with Gasteiger partial charge in [-0.2, -0.15) is 5.10 Å². The Morgan fingerprint density at radius 2 is 1.88 bits per heavy atom. The summed E-state index contributed by atoms with van der Waals surface area (Å²) < 4.78 is 7.79. The van der Waals surface area contributed by atoms with Gasteiger partial charge in [-0.1, -0.05) is 0 Å². The fraction of sp³-hybridized carbons (Fsp3) is 0.208. The molecule has 1 aliphatic rings. The molecule has 0 bridgehead atoms. The van der Waals surface area contributed by atoms with Crippen molar-refractivity contribution in [1.82, 2.24) is 34.9 Å². The first kappa shape index (κ1) is 20.3. The van der Waals surface area contributed by atoms with Crippen LogP contribution in [0.25, 0.3) is 16.6 Å². The summed E-state index contributed by atoms with van der Waals surface area (Å²) in [5, 5.41) is 11.9. The van der Waals surface area contributed by atoms with E-state index in [0.29, 0.717) is 5.75 Å². The monoisotopic (exact) mass is 453 g/mol. The van der Waals surface area contributed by atoms with Crippen LogP contribution in [0.4, 0.5) is 17.3 Å². The Labute approximate surface area is 195 Å². The Hall–Kier alpha value is -4.31. The number of benzene rings is 1. The van der Waals surface area contributed by atoms with Crippen LogP contribution in [0.3, 0.4) is 0 Å². The molecule has 4 aromatic heterocycles. The average Bonchev–Trinajstić information content (AvgIpc) is 3.34. The summed E-state index contributed by atoms with van der Waals surface area (Å²) in [5.41, 5.74) is 3.45. The van der Waals surface area contributed by atoms with E-state index in [2.05, 4.69) is 46.6 Å². The first-order chi connectivity index (χ1) is 16.7. The van der Waals surface area contributed by atoms with E-state index in [1.807, 2.05) is 49.6 Å². The molecule has 0 spiro atoms. The zero-order valence-electron chi connectivity index (χ0n) is 18.6. The lowest BCUT2D eigenvalue weighted by atomic mass is 10.2. The molecule has 0 saturated carbocycles. The summed E-state index contributed by atoms with van der Waals surface area (Å²) in [4.78, 5) is 20.0. The van der Waals surface area contributed by atoms with Crippen LogP contribution < -0.4 is 20.3 Å². The second-order valence-electron chi connectivity index (χ2n) is 8.15. The summed E-state index contributed by atoms with van der Waals surface area (Å²) in [5.74, 6) is 3.16. The Balaban J connectivity index is 1.25. The molecule has 170 valence electrons. The highest BCUT2D eigenvalue weighted by Gasteiger charge is 2.14. The topological polar surface area (TPSA) is 105 Å². The summed E-state index contributed by atoms with van der Waals surface area (Å²) in [6.07, 6.45) is 6.72. The molecule has 6 rings (SSSR count). The number of aryl methyl sites for hydroxylation is 1. The van der Waals surface area contributed by atoms with Crippen LogP contribution in [-0.2, 0) is 0 Å². The third-order valence-corrected chi connectivity index (χ3v) is 5.87. The normalized spacial score (nSPS) is 14.0. The highest BCUT2D eigenvalue weighted by molar-refractivity contribution is 5.91. The predicted molar refractivity (Wildman–Crippen MR) is 130 cm³/mol. The lowest BCUT2D eigenvalue weighted by Gasteiger charge is -2.28. The molecule has 0 amide bonds. The number of ether oxygens (including phenoxy) is 1. The van der Waals surface area contributed by atoms with Crippen molar-refractivity contribution in [2.24, 2.45) is 0 Å². The Kier molecular flexibility index (Phi) is 5.11. The van der Waals surface area contributed by atoms with Gasteiger partial charge in [0.25, 0.3) is 0 Å². The van der Waals surface area contributed by atoms with E-state index >= 15 is 0 Å². The number of fused-ring (bicyclic) bond motifs is 2. The van der Waals surface area contributed by atoms with Crippen LogP contribution in [0.15, 0.2) is 61.4 Å². The van der Waals surface area contributed by atoms with Crippen molar-refractivity contribution in [3.8, 4) is 11.5 Å². The fourth-order valence-corrected chi connectivity index (χ4v) is 4.08. The van der Waals surface area contributed by atoms with Gasteiger partial charge in [-0.15, -0.1) is 0 Å². The lowest BCUT2D eigenvalue weighted by molar-refractivity contribution is 0.478. The summed E-state index contributed by atoms with van der Waals surface area (Å²) in [6.45, 7) is 5.78. The molecule has 0 unspecified atom stereocenters. The molecule has 1 fully saturated rings.